The van der Waals surface area contributed by atoms with Crippen molar-refractivity contribution >= 4 is 12.0 Å². The zero-order chi connectivity index (χ0) is 14.1. The second-order valence-corrected chi connectivity index (χ2v) is 6.26. The molecular weight excluding hydrogens is 258 g/mol. The molecule has 2 amide bonds. The molecule has 3 unspecified atom stereocenters. The molecule has 20 heavy (non-hydrogen) atoms. The number of fused-ring (bicyclic) bond motifs is 1. The number of rotatable bonds is 2. The number of piperidine rings is 1. The third kappa shape index (κ3) is 2.49. The molecule has 2 saturated heterocycles. The van der Waals surface area contributed by atoms with Crippen LogP contribution in [0.25, 0.3) is 0 Å². The second kappa shape index (κ2) is 5.60. The van der Waals surface area contributed by atoms with Gasteiger partial charge >= 0.3 is 12.0 Å². The Balaban J connectivity index is 1.65. The van der Waals surface area contributed by atoms with Gasteiger partial charge in [0.15, 0.2) is 0 Å². The molecular formula is C14H23N3O3. The van der Waals surface area contributed by atoms with E-state index in [9.17, 15) is 14.7 Å². The third-order valence-electron chi connectivity index (χ3n) is 5.07. The lowest BCUT2D eigenvalue weighted by Crippen LogP contribution is -2.52. The monoisotopic (exact) mass is 281 g/mol. The average molecular weight is 281 g/mol. The van der Waals surface area contributed by atoms with Crippen LogP contribution in [0.3, 0.4) is 0 Å². The minimum Gasteiger partial charge on any atom is -0.480 e. The lowest BCUT2D eigenvalue weighted by atomic mass is 9.94. The lowest BCUT2D eigenvalue weighted by molar-refractivity contribution is -0.142. The van der Waals surface area contributed by atoms with Gasteiger partial charge in [0.1, 0.15) is 6.04 Å². The molecule has 3 aliphatic rings. The van der Waals surface area contributed by atoms with E-state index in [0.717, 1.165) is 45.2 Å². The summed E-state index contributed by atoms with van der Waals surface area (Å²) in [5, 5.41) is 15.7. The maximum absolute atomic E-state index is 12.4. The number of carboxylic acid groups (broad SMARTS) is 1. The molecule has 0 aromatic rings. The smallest absolute Gasteiger partial charge is 0.326 e. The highest BCUT2D eigenvalue weighted by molar-refractivity contribution is 5.84. The van der Waals surface area contributed by atoms with Gasteiger partial charge in [0.2, 0.25) is 0 Å². The Hall–Kier alpha value is -1.30. The zero-order valence-corrected chi connectivity index (χ0v) is 11.7. The molecule has 0 aromatic carbocycles. The van der Waals surface area contributed by atoms with Crippen molar-refractivity contribution < 1.29 is 14.7 Å². The van der Waals surface area contributed by atoms with Gasteiger partial charge in [-0.3, -0.25) is 0 Å². The fourth-order valence-corrected chi connectivity index (χ4v) is 4.05. The highest BCUT2D eigenvalue weighted by Crippen LogP contribution is 2.42. The van der Waals surface area contributed by atoms with Crippen molar-refractivity contribution in [3.05, 3.63) is 0 Å². The first-order valence-electron chi connectivity index (χ1n) is 7.67. The van der Waals surface area contributed by atoms with Gasteiger partial charge in [-0.05, 0) is 50.6 Å². The minimum absolute atomic E-state index is 0.159. The number of carboxylic acids is 1. The van der Waals surface area contributed by atoms with Crippen molar-refractivity contribution in [2.75, 3.05) is 19.6 Å². The van der Waals surface area contributed by atoms with Crippen LogP contribution in [0.5, 0.6) is 0 Å². The molecule has 1 saturated carbocycles. The van der Waals surface area contributed by atoms with Crippen molar-refractivity contribution in [1.82, 2.24) is 15.5 Å². The second-order valence-electron chi connectivity index (χ2n) is 6.26. The topological polar surface area (TPSA) is 81.7 Å². The quantitative estimate of drug-likeness (QED) is 0.693. The standard InChI is InChI=1S/C14H23N3O3/c18-13(19)12-11-3-1-2-9(11)8-17(12)14(20)16-10-4-6-15-7-5-10/h9-12,15H,1-8H2,(H,16,20)(H,18,19). The number of hydrogen-bond donors (Lipinski definition) is 3. The molecule has 3 rings (SSSR count). The maximum Gasteiger partial charge on any atom is 0.326 e. The minimum atomic E-state index is -0.847. The van der Waals surface area contributed by atoms with Crippen LogP contribution in [-0.2, 0) is 4.79 Å². The number of aliphatic carboxylic acids is 1. The SMILES string of the molecule is O=C(O)C1C2CCCC2CN1C(=O)NC1CCNCC1. The van der Waals surface area contributed by atoms with Crippen LogP contribution in [0.4, 0.5) is 4.79 Å². The Morgan fingerprint density at radius 2 is 1.90 bits per heavy atom. The van der Waals surface area contributed by atoms with Crippen LogP contribution in [-0.4, -0.2) is 53.7 Å². The van der Waals surface area contributed by atoms with Gasteiger partial charge in [-0.1, -0.05) is 6.42 Å². The molecule has 1 aliphatic carbocycles. The molecule has 0 bridgehead atoms. The summed E-state index contributed by atoms with van der Waals surface area (Å²) in [4.78, 5) is 25.5. The van der Waals surface area contributed by atoms with Crippen LogP contribution < -0.4 is 10.6 Å². The van der Waals surface area contributed by atoms with E-state index in [-0.39, 0.29) is 18.0 Å². The molecule has 3 N–H and O–H groups in total. The number of hydrogen-bond acceptors (Lipinski definition) is 3. The Labute approximate surface area is 118 Å². The van der Waals surface area contributed by atoms with Gasteiger partial charge in [0.05, 0.1) is 0 Å². The third-order valence-corrected chi connectivity index (χ3v) is 5.07. The normalized spacial score (nSPS) is 34.0. The van der Waals surface area contributed by atoms with Crippen LogP contribution in [0.2, 0.25) is 0 Å². The van der Waals surface area contributed by atoms with Crippen molar-refractivity contribution in [2.24, 2.45) is 11.8 Å². The molecule has 6 nitrogen and oxygen atoms in total. The average Bonchev–Trinajstić information content (AvgIpc) is 2.98. The summed E-state index contributed by atoms with van der Waals surface area (Å²) < 4.78 is 0. The molecule has 2 aliphatic heterocycles. The molecule has 3 atom stereocenters. The highest BCUT2D eigenvalue weighted by Gasteiger charge is 2.49. The number of urea groups is 1. The lowest BCUT2D eigenvalue weighted by Gasteiger charge is -2.29. The van der Waals surface area contributed by atoms with E-state index in [4.69, 9.17) is 0 Å². The van der Waals surface area contributed by atoms with Gasteiger partial charge in [-0.25, -0.2) is 9.59 Å². The largest absolute Gasteiger partial charge is 0.480 e. The summed E-state index contributed by atoms with van der Waals surface area (Å²) in [6.07, 6.45) is 4.95. The van der Waals surface area contributed by atoms with E-state index in [2.05, 4.69) is 10.6 Å². The predicted octanol–water partition coefficient (Wildman–Crippen LogP) is 0.633. The van der Waals surface area contributed by atoms with Crippen LogP contribution >= 0.6 is 0 Å². The van der Waals surface area contributed by atoms with E-state index < -0.39 is 12.0 Å². The predicted molar refractivity (Wildman–Crippen MR) is 73.4 cm³/mol. The van der Waals surface area contributed by atoms with Gasteiger partial charge in [0.25, 0.3) is 0 Å². The molecule has 0 spiro atoms. The summed E-state index contributed by atoms with van der Waals surface area (Å²) in [5.74, 6) is -0.305. The van der Waals surface area contributed by atoms with Crippen molar-refractivity contribution in [1.29, 1.82) is 0 Å². The number of likely N-dealkylation sites (tertiary alicyclic amines) is 1. The van der Waals surface area contributed by atoms with E-state index in [1.54, 1.807) is 4.90 Å². The summed E-state index contributed by atoms with van der Waals surface area (Å²) in [6, 6.07) is -0.624. The van der Waals surface area contributed by atoms with Crippen molar-refractivity contribution in [3.63, 3.8) is 0 Å². The fraction of sp³-hybridized carbons (Fsp3) is 0.857. The number of amides is 2. The summed E-state index contributed by atoms with van der Waals surface area (Å²) in [5.41, 5.74) is 0. The fourth-order valence-electron chi connectivity index (χ4n) is 4.05. The molecule has 112 valence electrons. The van der Waals surface area contributed by atoms with Gasteiger partial charge < -0.3 is 20.6 Å². The molecule has 0 radical (unpaired) electrons. The van der Waals surface area contributed by atoms with E-state index in [0.29, 0.717) is 12.5 Å². The van der Waals surface area contributed by atoms with Crippen molar-refractivity contribution in [2.45, 2.75) is 44.2 Å². The number of carbonyl (C=O) groups excluding carboxylic acids is 1. The summed E-state index contributed by atoms with van der Waals surface area (Å²) in [7, 11) is 0. The zero-order valence-electron chi connectivity index (χ0n) is 11.7. The van der Waals surface area contributed by atoms with Gasteiger partial charge in [0, 0.05) is 12.6 Å². The Bertz CT molecular complexity index is 395. The molecule has 0 aromatic heterocycles. The summed E-state index contributed by atoms with van der Waals surface area (Å²) in [6.45, 7) is 2.44. The van der Waals surface area contributed by atoms with Crippen LogP contribution in [0.1, 0.15) is 32.1 Å². The van der Waals surface area contributed by atoms with E-state index in [1.165, 1.54) is 0 Å². The first-order valence-corrected chi connectivity index (χ1v) is 7.67. The molecule has 3 fully saturated rings. The Morgan fingerprint density at radius 3 is 2.60 bits per heavy atom. The van der Waals surface area contributed by atoms with Gasteiger partial charge in [-0.15, -0.1) is 0 Å². The van der Waals surface area contributed by atoms with Crippen LogP contribution in [0.15, 0.2) is 0 Å². The van der Waals surface area contributed by atoms with E-state index in [1.807, 2.05) is 0 Å². The highest BCUT2D eigenvalue weighted by atomic mass is 16.4. The maximum atomic E-state index is 12.4. The van der Waals surface area contributed by atoms with Crippen molar-refractivity contribution in [3.8, 4) is 0 Å². The van der Waals surface area contributed by atoms with Crippen LogP contribution in [0, 0.1) is 11.8 Å². The Morgan fingerprint density at radius 1 is 1.15 bits per heavy atom. The first kappa shape index (κ1) is 13.7. The number of carbonyl (C=O) groups is 2. The molecule has 2 heterocycles. The Kier molecular flexibility index (Phi) is 3.83. The first-order chi connectivity index (χ1) is 9.66. The number of nitrogens with zero attached hydrogens (tertiary/aromatic N) is 1. The number of nitrogens with one attached hydrogen (secondary N) is 2. The molecule has 6 heteroatoms. The summed E-state index contributed by atoms with van der Waals surface area (Å²) >= 11 is 0. The van der Waals surface area contributed by atoms with E-state index >= 15 is 0 Å². The van der Waals surface area contributed by atoms with Gasteiger partial charge in [-0.2, -0.15) is 0 Å².